The van der Waals surface area contributed by atoms with Crippen LogP contribution < -0.4 is 11.4 Å². The van der Waals surface area contributed by atoms with E-state index in [4.69, 9.17) is 29.0 Å². The van der Waals surface area contributed by atoms with E-state index >= 15 is 0 Å². The number of phosphoric ester groups is 2. The van der Waals surface area contributed by atoms with Gasteiger partial charge in [0, 0.05) is 31.4 Å². The molecule has 0 aromatic carbocycles. The highest BCUT2D eigenvalue weighted by molar-refractivity contribution is 7.61. The van der Waals surface area contributed by atoms with Gasteiger partial charge in [-0.3, -0.25) is 28.0 Å². The summed E-state index contributed by atoms with van der Waals surface area (Å²) in [5.74, 6) is -5.21. The van der Waals surface area contributed by atoms with E-state index < -0.39 is 120 Å². The van der Waals surface area contributed by atoms with Gasteiger partial charge in [-0.2, -0.15) is 9.29 Å². The molecule has 3 heterocycles. The fourth-order valence-corrected chi connectivity index (χ4v) is 10.3. The van der Waals surface area contributed by atoms with Crippen molar-refractivity contribution in [3.8, 4) is 0 Å². The number of cyclic esters (lactones) is 1. The SMILES string of the molecule is CCCCCCCC/C=C\C/C=C\C/C=C\CCCC(=O)OC[C@@H]1COP(=O)(O)OP(=O)(O)OC[C@H]2O[C@@H](n3ccc(N)nc3=O)[C@@H](CC=CCCCC(=O)O1)C(=O)C[C@@H](O)[C@H](C=C[C@@H](O)CCCCC)[C@H](O)[C@@H]2O. The second-order valence-electron chi connectivity index (χ2n) is 18.8. The zero-order valence-corrected chi connectivity index (χ0v) is 45.3. The maximum absolute atomic E-state index is 14.3. The van der Waals surface area contributed by atoms with E-state index in [1.807, 2.05) is 19.1 Å². The molecule has 0 radical (unpaired) electrons. The summed E-state index contributed by atoms with van der Waals surface area (Å²) < 4.78 is 58.7. The first kappa shape index (κ1) is 65.3. The first-order valence-corrected chi connectivity index (χ1v) is 29.4. The van der Waals surface area contributed by atoms with Gasteiger partial charge < -0.3 is 50.2 Å². The van der Waals surface area contributed by atoms with Crippen LogP contribution in [-0.4, -0.2) is 114 Å². The molecule has 1 aromatic rings. The lowest BCUT2D eigenvalue weighted by Crippen LogP contribution is -2.51. The minimum atomic E-state index is -5.73. The lowest BCUT2D eigenvalue weighted by atomic mass is 9.83. The Hall–Kier alpha value is -3.95. The number of nitrogens with zero attached hydrogens (tertiary/aromatic N) is 2. The topological polar surface area (TPSA) is 323 Å². The number of phosphoric acid groups is 2. The Morgan fingerprint density at radius 1 is 0.867 bits per heavy atom. The highest BCUT2D eigenvalue weighted by Crippen LogP contribution is 2.60. The van der Waals surface area contributed by atoms with Crippen molar-refractivity contribution in [2.24, 2.45) is 11.8 Å². The number of allylic oxidation sites excluding steroid dienone is 8. The largest absolute Gasteiger partial charge is 0.481 e. The molecule has 2 unspecified atom stereocenters. The van der Waals surface area contributed by atoms with Crippen molar-refractivity contribution in [1.82, 2.24) is 9.55 Å². The monoisotopic (exact) mass is 1100 g/mol. The first-order valence-electron chi connectivity index (χ1n) is 26.4. The number of nitrogens with two attached hydrogens (primary N) is 1. The van der Waals surface area contributed by atoms with Crippen LogP contribution in [0.15, 0.2) is 77.8 Å². The summed E-state index contributed by atoms with van der Waals surface area (Å²) in [6.45, 7) is 1.39. The minimum absolute atomic E-state index is 0.00149. The number of ketones is 1. The Labute approximate surface area is 441 Å². The van der Waals surface area contributed by atoms with Gasteiger partial charge in [0.2, 0.25) is 0 Å². The summed E-state index contributed by atoms with van der Waals surface area (Å²) in [5, 5.41) is 45.5. The maximum atomic E-state index is 14.3. The number of aromatic nitrogens is 2. The molecular weight excluding hydrogens is 1020 g/mol. The normalized spacial score (nSPS) is 28.8. The maximum Gasteiger partial charge on any atom is 0.481 e. The summed E-state index contributed by atoms with van der Waals surface area (Å²) in [7, 11) is -11.3. The molecule has 8 N–H and O–H groups in total. The third-order valence-corrected chi connectivity index (χ3v) is 15.0. The molecule has 3 rings (SSSR count). The summed E-state index contributed by atoms with van der Waals surface area (Å²) in [5.41, 5.74) is 4.71. The molecule has 11 atom stereocenters. The number of rotatable bonds is 24. The van der Waals surface area contributed by atoms with Gasteiger partial charge >= 0.3 is 33.3 Å². The number of hydrogen-bond acceptors (Lipinski definition) is 18. The van der Waals surface area contributed by atoms with Crippen molar-refractivity contribution in [3.05, 3.63) is 83.5 Å². The van der Waals surface area contributed by atoms with Crippen LogP contribution >= 0.6 is 15.6 Å². The molecule has 2 aliphatic rings. The van der Waals surface area contributed by atoms with Gasteiger partial charge in [-0.05, 0) is 70.3 Å². The van der Waals surface area contributed by atoms with Crippen molar-refractivity contribution in [1.29, 1.82) is 0 Å². The van der Waals surface area contributed by atoms with Crippen LogP contribution in [0.5, 0.6) is 0 Å². The molecule has 424 valence electrons. The van der Waals surface area contributed by atoms with Gasteiger partial charge in [-0.1, -0.05) is 126 Å². The van der Waals surface area contributed by atoms with Crippen LogP contribution in [0.1, 0.15) is 155 Å². The highest BCUT2D eigenvalue weighted by Gasteiger charge is 2.45. The quantitative estimate of drug-likeness (QED) is 0.0226. The molecule has 0 amide bonds. The van der Waals surface area contributed by atoms with Crippen LogP contribution in [0.25, 0.3) is 0 Å². The van der Waals surface area contributed by atoms with E-state index in [0.29, 0.717) is 25.7 Å². The number of Topliss-reactive ketones (excluding diaryl/α,β-unsaturated/α-hetero) is 1. The number of anilines is 1. The Kier molecular flexibility index (Phi) is 31.5. The Bertz CT molecular complexity index is 2170. The molecule has 1 saturated heterocycles. The summed E-state index contributed by atoms with van der Waals surface area (Å²) in [4.78, 5) is 78.3. The second-order valence-corrected chi connectivity index (χ2v) is 21.8. The van der Waals surface area contributed by atoms with Crippen LogP contribution in [0.2, 0.25) is 0 Å². The number of aliphatic hydroxyl groups excluding tert-OH is 4. The molecule has 2 aliphatic heterocycles. The summed E-state index contributed by atoms with van der Waals surface area (Å²) in [6, 6.07) is 1.21. The van der Waals surface area contributed by atoms with Crippen LogP contribution in [0.3, 0.4) is 0 Å². The van der Waals surface area contributed by atoms with Gasteiger partial charge in [0.15, 0.2) is 6.10 Å². The molecule has 0 aliphatic carbocycles. The summed E-state index contributed by atoms with van der Waals surface area (Å²) in [6.07, 6.45) is 20.7. The molecule has 21 nitrogen and oxygen atoms in total. The molecule has 0 saturated carbocycles. The minimum Gasteiger partial charge on any atom is -0.462 e. The Balaban J connectivity index is 1.76. The number of carbonyl (C=O) groups is 3. The van der Waals surface area contributed by atoms with E-state index in [0.717, 1.165) is 42.9 Å². The van der Waals surface area contributed by atoms with Crippen molar-refractivity contribution >= 4 is 39.2 Å². The number of hydrogen-bond donors (Lipinski definition) is 7. The zero-order valence-electron chi connectivity index (χ0n) is 43.5. The van der Waals surface area contributed by atoms with Crippen molar-refractivity contribution in [2.45, 2.75) is 192 Å². The molecule has 1 aromatic heterocycles. The van der Waals surface area contributed by atoms with E-state index in [2.05, 4.69) is 40.5 Å². The van der Waals surface area contributed by atoms with Crippen LogP contribution in [-0.2, 0) is 51.1 Å². The lowest BCUT2D eigenvalue weighted by Gasteiger charge is -2.38. The number of esters is 2. The Morgan fingerprint density at radius 3 is 2.20 bits per heavy atom. The van der Waals surface area contributed by atoms with Gasteiger partial charge in [0.1, 0.15) is 36.6 Å². The third-order valence-electron chi connectivity index (χ3n) is 12.4. The first-order chi connectivity index (χ1) is 35.9. The molecule has 1 fully saturated rings. The number of fused-ring (bicyclic) bond motifs is 3. The molecule has 23 heteroatoms. The number of nitrogen functional groups attached to an aromatic ring is 1. The van der Waals surface area contributed by atoms with E-state index in [1.54, 1.807) is 12.2 Å². The zero-order chi connectivity index (χ0) is 55.1. The van der Waals surface area contributed by atoms with Gasteiger partial charge in [0.05, 0.1) is 37.4 Å². The predicted octanol–water partition coefficient (Wildman–Crippen LogP) is 7.70. The standard InChI is InChI=1S/C52H83N3O18P2/c1-3-5-7-8-9-10-11-12-13-14-15-16-17-18-19-20-25-29-47(59)68-36-40-37-69-74(64,65)73-75(66,67)70-38-45-50(62)49(61)41(32-31-39(56)27-23-6-4-2)43(57)35-44(58)42(28-24-21-22-26-30-48(60)71-40)51(72-45)55-34-33-46(53)54-52(55)63/h12-13,15-16,18-19,21,24,31-34,39-43,45,49-51,56-57,61-62H,3-11,14,17,20,22-23,25-30,35-38H2,1-2H3,(H,64,65)(H,66,67)(H2,53,54,63)/b13-12-,16-15-,19-18-,24-21?,32-31?/t39-,40+,41-,42-,43+,45+,49-,50+,51+/m0/s1. The lowest BCUT2D eigenvalue weighted by molar-refractivity contribution is -0.183. The predicted molar refractivity (Wildman–Crippen MR) is 280 cm³/mol. The smallest absolute Gasteiger partial charge is 0.462 e. The molecule has 2 bridgehead atoms. The van der Waals surface area contributed by atoms with Gasteiger partial charge in [0.25, 0.3) is 0 Å². The molecule has 0 spiro atoms. The number of ether oxygens (including phenoxy) is 3. The van der Waals surface area contributed by atoms with Crippen LogP contribution in [0, 0.1) is 11.8 Å². The number of unbranched alkanes of at least 4 members (excludes halogenated alkanes) is 9. The van der Waals surface area contributed by atoms with Crippen molar-refractivity contribution < 1.29 is 81.3 Å². The Morgan fingerprint density at radius 2 is 1.51 bits per heavy atom. The molecular formula is C52H83N3O18P2. The fraction of sp³-hybridized carbons (Fsp3) is 0.673. The van der Waals surface area contributed by atoms with Crippen LogP contribution in [0.4, 0.5) is 5.82 Å². The highest BCUT2D eigenvalue weighted by atomic mass is 31.3. The van der Waals surface area contributed by atoms with E-state index in [-0.39, 0.29) is 37.9 Å². The number of carbonyl (C=O) groups excluding carboxylic acids is 3. The fourth-order valence-electron chi connectivity index (χ4n) is 8.20. The number of aliphatic hydroxyl groups is 4. The second kappa shape index (κ2) is 36.2. The van der Waals surface area contributed by atoms with E-state index in [9.17, 15) is 58.5 Å². The molecule has 75 heavy (non-hydrogen) atoms. The average molecular weight is 1100 g/mol. The summed E-state index contributed by atoms with van der Waals surface area (Å²) >= 11 is 0. The third kappa shape index (κ3) is 26.8. The van der Waals surface area contributed by atoms with Gasteiger partial charge in [-0.25, -0.2) is 13.9 Å². The van der Waals surface area contributed by atoms with Gasteiger partial charge in [-0.15, -0.1) is 0 Å². The van der Waals surface area contributed by atoms with Crippen molar-refractivity contribution in [3.63, 3.8) is 0 Å². The van der Waals surface area contributed by atoms with E-state index in [1.165, 1.54) is 56.7 Å². The average Bonchev–Trinajstić information content (AvgIpc) is 3.35. The van der Waals surface area contributed by atoms with Crippen molar-refractivity contribution in [2.75, 3.05) is 25.6 Å².